The van der Waals surface area contributed by atoms with Crippen LogP contribution in [0.2, 0.25) is 0 Å². The Morgan fingerprint density at radius 1 is 1.35 bits per heavy atom. The van der Waals surface area contributed by atoms with E-state index >= 15 is 0 Å². The van der Waals surface area contributed by atoms with Crippen LogP contribution in [0, 0.1) is 0 Å². The highest BCUT2D eigenvalue weighted by atomic mass is 32.1. The average Bonchev–Trinajstić information content (AvgIpc) is 3.26. The maximum atomic E-state index is 12.8. The predicted molar refractivity (Wildman–Crippen MR) is 103 cm³/mol. The van der Waals surface area contributed by atoms with Crippen molar-refractivity contribution in [1.82, 2.24) is 24.6 Å². The van der Waals surface area contributed by atoms with Crippen molar-refractivity contribution >= 4 is 33.3 Å². The van der Waals surface area contributed by atoms with Crippen LogP contribution in [-0.4, -0.2) is 56.2 Å². The highest BCUT2D eigenvalue weighted by Gasteiger charge is 2.30. The Morgan fingerprint density at radius 3 is 2.88 bits per heavy atom. The Morgan fingerprint density at radius 2 is 2.19 bits per heavy atom. The highest BCUT2D eigenvalue weighted by Crippen LogP contribution is 2.31. The molecule has 8 heteroatoms. The number of thiophene rings is 1. The molecule has 4 rings (SSSR count). The first kappa shape index (κ1) is 17.0. The molecule has 1 amide bonds. The van der Waals surface area contributed by atoms with Gasteiger partial charge in [-0.2, -0.15) is 5.10 Å². The van der Waals surface area contributed by atoms with E-state index in [0.29, 0.717) is 12.1 Å². The fourth-order valence-electron chi connectivity index (χ4n) is 3.47. The number of hydrogen-bond acceptors (Lipinski definition) is 6. The third kappa shape index (κ3) is 2.94. The molecule has 136 valence electrons. The Kier molecular flexibility index (Phi) is 4.36. The van der Waals surface area contributed by atoms with Crippen LogP contribution in [0.5, 0.6) is 0 Å². The number of hydrogen-bond donors (Lipinski definition) is 0. The van der Waals surface area contributed by atoms with Gasteiger partial charge in [0.2, 0.25) is 0 Å². The van der Waals surface area contributed by atoms with Crippen LogP contribution < -0.4 is 4.90 Å². The van der Waals surface area contributed by atoms with Crippen molar-refractivity contribution in [2.75, 3.05) is 24.5 Å². The molecule has 7 nitrogen and oxygen atoms in total. The minimum absolute atomic E-state index is 0.0434. The van der Waals surface area contributed by atoms with E-state index in [4.69, 9.17) is 0 Å². The maximum Gasteiger partial charge on any atom is 0.257 e. The number of rotatable bonds is 3. The molecular weight excluding hydrogens is 348 g/mol. The highest BCUT2D eigenvalue weighted by molar-refractivity contribution is 7.18. The molecule has 1 saturated heterocycles. The molecule has 3 aromatic heterocycles. The van der Waals surface area contributed by atoms with Crippen LogP contribution >= 0.6 is 11.3 Å². The second-order valence-electron chi connectivity index (χ2n) is 6.68. The van der Waals surface area contributed by atoms with Gasteiger partial charge in [0.1, 0.15) is 17.0 Å². The maximum absolute atomic E-state index is 12.8. The first-order chi connectivity index (χ1) is 12.6. The van der Waals surface area contributed by atoms with E-state index in [0.717, 1.165) is 35.5 Å². The minimum atomic E-state index is 0.0434. The number of fused-ring (bicyclic) bond motifs is 1. The average molecular weight is 370 g/mol. The van der Waals surface area contributed by atoms with Crippen LogP contribution in [0.1, 0.15) is 29.1 Å². The predicted octanol–water partition coefficient (Wildman–Crippen LogP) is 2.34. The number of nitrogens with zero attached hydrogens (tertiary/aromatic N) is 6. The molecule has 1 aliphatic heterocycles. The molecule has 3 aromatic rings. The van der Waals surface area contributed by atoms with Gasteiger partial charge in [0.25, 0.3) is 5.91 Å². The molecule has 0 radical (unpaired) electrons. The molecule has 4 heterocycles. The van der Waals surface area contributed by atoms with Crippen molar-refractivity contribution in [1.29, 1.82) is 0 Å². The molecule has 1 atom stereocenters. The van der Waals surface area contributed by atoms with Crippen LogP contribution in [0.4, 0.5) is 5.82 Å². The summed E-state index contributed by atoms with van der Waals surface area (Å²) in [6.45, 7) is 6.44. The van der Waals surface area contributed by atoms with Crippen molar-refractivity contribution in [2.24, 2.45) is 7.05 Å². The lowest BCUT2D eigenvalue weighted by atomic mass is 10.1. The van der Waals surface area contributed by atoms with Crippen LogP contribution in [0.15, 0.2) is 24.8 Å². The molecule has 0 aliphatic carbocycles. The first-order valence-electron chi connectivity index (χ1n) is 8.84. The van der Waals surface area contributed by atoms with Gasteiger partial charge in [-0.15, -0.1) is 11.3 Å². The molecule has 26 heavy (non-hydrogen) atoms. The minimum Gasteiger partial charge on any atom is -0.352 e. The molecule has 0 N–H and O–H groups in total. The van der Waals surface area contributed by atoms with E-state index < -0.39 is 0 Å². The van der Waals surface area contributed by atoms with E-state index in [-0.39, 0.29) is 11.9 Å². The molecule has 0 bridgehead atoms. The smallest absolute Gasteiger partial charge is 0.257 e. The molecule has 1 unspecified atom stereocenters. The van der Waals surface area contributed by atoms with Gasteiger partial charge < -0.3 is 9.80 Å². The number of carbonyl (C=O) groups excluding carboxylic acids is 1. The normalized spacial score (nSPS) is 17.9. The lowest BCUT2D eigenvalue weighted by Crippen LogP contribution is -2.54. The SMILES string of the molecule is CCc1cc2c(N3CCN(C(=O)c4cnn(C)c4)C(C)C3)ncnc2s1. The summed E-state index contributed by atoms with van der Waals surface area (Å²) in [4.78, 5) is 28.3. The first-order valence-corrected chi connectivity index (χ1v) is 9.66. The van der Waals surface area contributed by atoms with Crippen LogP contribution in [0.25, 0.3) is 10.2 Å². The number of amides is 1. The Balaban J connectivity index is 1.55. The Bertz CT molecular complexity index is 948. The van der Waals surface area contributed by atoms with Crippen molar-refractivity contribution in [3.8, 4) is 0 Å². The van der Waals surface area contributed by atoms with Gasteiger partial charge in [0, 0.05) is 43.8 Å². The summed E-state index contributed by atoms with van der Waals surface area (Å²) in [6.07, 6.45) is 6.05. The molecule has 1 aliphatic rings. The fourth-order valence-corrected chi connectivity index (χ4v) is 4.40. The van der Waals surface area contributed by atoms with Crippen molar-refractivity contribution in [2.45, 2.75) is 26.3 Å². The summed E-state index contributed by atoms with van der Waals surface area (Å²) in [7, 11) is 1.82. The second kappa shape index (κ2) is 6.68. The quantitative estimate of drug-likeness (QED) is 0.708. The lowest BCUT2D eigenvalue weighted by Gasteiger charge is -2.40. The fraction of sp³-hybridized carbons (Fsp3) is 0.444. The zero-order valence-corrected chi connectivity index (χ0v) is 16.0. The standard InChI is InChI=1S/C18H22N6OS/c1-4-14-7-15-16(19-11-20-17(15)26-14)23-5-6-24(12(2)9-23)18(25)13-8-21-22(3)10-13/h7-8,10-12H,4-6,9H2,1-3H3. The van der Waals surface area contributed by atoms with Gasteiger partial charge in [0.05, 0.1) is 17.1 Å². The summed E-state index contributed by atoms with van der Waals surface area (Å²) >= 11 is 1.73. The summed E-state index contributed by atoms with van der Waals surface area (Å²) in [5.74, 6) is 1.02. The summed E-state index contributed by atoms with van der Waals surface area (Å²) < 4.78 is 1.66. The molecule has 0 saturated carbocycles. The van der Waals surface area contributed by atoms with E-state index in [9.17, 15) is 4.79 Å². The summed E-state index contributed by atoms with van der Waals surface area (Å²) in [5.41, 5.74) is 0.641. The van der Waals surface area contributed by atoms with Gasteiger partial charge in [-0.05, 0) is 19.4 Å². The zero-order valence-electron chi connectivity index (χ0n) is 15.2. The largest absolute Gasteiger partial charge is 0.352 e. The van der Waals surface area contributed by atoms with E-state index in [1.54, 1.807) is 34.7 Å². The summed E-state index contributed by atoms with van der Waals surface area (Å²) in [6, 6.07) is 2.30. The number of piperazine rings is 1. The van der Waals surface area contributed by atoms with E-state index in [2.05, 4.69) is 39.9 Å². The third-order valence-corrected chi connectivity index (χ3v) is 6.03. The van der Waals surface area contributed by atoms with Crippen molar-refractivity contribution < 1.29 is 4.79 Å². The molecule has 0 spiro atoms. The topological polar surface area (TPSA) is 67.2 Å². The van der Waals surface area contributed by atoms with E-state index in [1.807, 2.05) is 11.9 Å². The lowest BCUT2D eigenvalue weighted by molar-refractivity contribution is 0.0674. The third-order valence-electron chi connectivity index (χ3n) is 4.85. The number of carbonyl (C=O) groups is 1. The number of aromatic nitrogens is 4. The Labute approximate surface area is 156 Å². The van der Waals surface area contributed by atoms with Crippen molar-refractivity contribution in [3.63, 3.8) is 0 Å². The Hall–Kier alpha value is -2.48. The summed E-state index contributed by atoms with van der Waals surface area (Å²) in [5, 5.41) is 5.23. The molecule has 1 fully saturated rings. The number of anilines is 1. The van der Waals surface area contributed by atoms with Crippen LogP contribution in [-0.2, 0) is 13.5 Å². The van der Waals surface area contributed by atoms with Gasteiger partial charge >= 0.3 is 0 Å². The van der Waals surface area contributed by atoms with Gasteiger partial charge in [-0.25, -0.2) is 9.97 Å². The zero-order chi connectivity index (χ0) is 18.3. The second-order valence-corrected chi connectivity index (χ2v) is 7.79. The van der Waals surface area contributed by atoms with Gasteiger partial charge in [0.15, 0.2) is 0 Å². The van der Waals surface area contributed by atoms with Gasteiger partial charge in [-0.3, -0.25) is 9.48 Å². The molecule has 0 aromatic carbocycles. The van der Waals surface area contributed by atoms with Crippen molar-refractivity contribution in [3.05, 3.63) is 35.2 Å². The molecular formula is C18H22N6OS. The van der Waals surface area contributed by atoms with Gasteiger partial charge in [-0.1, -0.05) is 6.92 Å². The van der Waals surface area contributed by atoms with Crippen LogP contribution in [0.3, 0.4) is 0 Å². The monoisotopic (exact) mass is 370 g/mol. The number of aryl methyl sites for hydroxylation is 2. The van der Waals surface area contributed by atoms with E-state index in [1.165, 1.54) is 4.88 Å².